The van der Waals surface area contributed by atoms with Gasteiger partial charge < -0.3 is 15.0 Å². The number of amides is 2. The number of anilines is 1. The molecule has 8 nitrogen and oxygen atoms in total. The average Bonchev–Trinajstić information content (AvgIpc) is 2.98. The van der Waals surface area contributed by atoms with Gasteiger partial charge in [0.2, 0.25) is 11.8 Å². The number of thioether (sulfide) groups is 1. The van der Waals surface area contributed by atoms with E-state index in [0.29, 0.717) is 24.6 Å². The molecule has 1 N–H and O–H groups in total. The van der Waals surface area contributed by atoms with Crippen LogP contribution in [-0.2, 0) is 26.2 Å². The third-order valence-electron chi connectivity index (χ3n) is 6.82. The Bertz CT molecular complexity index is 1440. The summed E-state index contributed by atoms with van der Waals surface area (Å²) in [5.74, 6) is 0.0303. The van der Waals surface area contributed by atoms with Crippen LogP contribution >= 0.6 is 11.8 Å². The smallest absolute Gasteiger partial charge is 0.264 e. The zero-order valence-corrected chi connectivity index (χ0v) is 26.8. The van der Waals surface area contributed by atoms with Gasteiger partial charge in [-0.2, -0.15) is 0 Å². The molecule has 0 radical (unpaired) electrons. The van der Waals surface area contributed by atoms with E-state index >= 15 is 0 Å². The monoisotopic (exact) mass is 611 g/mol. The van der Waals surface area contributed by atoms with Gasteiger partial charge >= 0.3 is 0 Å². The molecule has 0 saturated carbocycles. The highest BCUT2D eigenvalue weighted by Gasteiger charge is 2.32. The van der Waals surface area contributed by atoms with Gasteiger partial charge in [-0.1, -0.05) is 38.1 Å². The van der Waals surface area contributed by atoms with Crippen molar-refractivity contribution in [2.45, 2.75) is 57.0 Å². The van der Waals surface area contributed by atoms with Crippen LogP contribution in [0.5, 0.6) is 5.75 Å². The fourth-order valence-corrected chi connectivity index (χ4v) is 6.11. The van der Waals surface area contributed by atoms with Gasteiger partial charge in [-0.05, 0) is 92.6 Å². The van der Waals surface area contributed by atoms with Gasteiger partial charge in [-0.25, -0.2) is 8.42 Å². The SMILES string of the molecule is CCOc1ccc(N(CC(=O)N(Cc2ccccc2C)[C@@H](C)C(=O)NCC(C)C)S(=O)(=O)c2ccc(SC)cc2)cc1. The molecule has 3 rings (SSSR count). The molecule has 10 heteroatoms. The lowest BCUT2D eigenvalue weighted by Crippen LogP contribution is -2.51. The first-order chi connectivity index (χ1) is 20.0. The van der Waals surface area contributed by atoms with E-state index in [2.05, 4.69) is 5.32 Å². The quantitative estimate of drug-likeness (QED) is 0.242. The molecule has 0 aliphatic rings. The second kappa shape index (κ2) is 15.1. The van der Waals surface area contributed by atoms with Crippen LogP contribution in [0.4, 0.5) is 5.69 Å². The fraction of sp³-hybridized carbons (Fsp3) is 0.375. The molecule has 226 valence electrons. The van der Waals surface area contributed by atoms with Crippen LogP contribution < -0.4 is 14.4 Å². The van der Waals surface area contributed by atoms with E-state index in [0.717, 1.165) is 20.3 Å². The topological polar surface area (TPSA) is 96.0 Å². The Morgan fingerprint density at radius 2 is 1.60 bits per heavy atom. The molecule has 0 aromatic heterocycles. The molecule has 0 aliphatic carbocycles. The number of carbonyl (C=O) groups excluding carboxylic acids is 2. The molecule has 2 amide bonds. The van der Waals surface area contributed by atoms with Gasteiger partial charge in [0.05, 0.1) is 17.2 Å². The lowest BCUT2D eigenvalue weighted by molar-refractivity contribution is -0.139. The zero-order valence-electron chi connectivity index (χ0n) is 25.2. The Hall–Kier alpha value is -3.50. The highest BCUT2D eigenvalue weighted by molar-refractivity contribution is 7.98. The van der Waals surface area contributed by atoms with E-state index in [1.165, 1.54) is 16.7 Å². The summed E-state index contributed by atoms with van der Waals surface area (Å²) in [4.78, 5) is 29.7. The minimum Gasteiger partial charge on any atom is -0.494 e. The molecule has 0 fully saturated rings. The summed E-state index contributed by atoms with van der Waals surface area (Å²) < 4.78 is 34.7. The van der Waals surface area contributed by atoms with Gasteiger partial charge in [0.1, 0.15) is 18.3 Å². The van der Waals surface area contributed by atoms with E-state index in [-0.39, 0.29) is 23.3 Å². The summed E-state index contributed by atoms with van der Waals surface area (Å²) in [6.45, 7) is 10.1. The van der Waals surface area contributed by atoms with Crippen molar-refractivity contribution in [2.75, 3.05) is 30.3 Å². The second-order valence-corrected chi connectivity index (χ2v) is 13.1. The lowest BCUT2D eigenvalue weighted by Gasteiger charge is -2.32. The number of aryl methyl sites for hydroxylation is 1. The summed E-state index contributed by atoms with van der Waals surface area (Å²) in [5.41, 5.74) is 2.15. The molecule has 42 heavy (non-hydrogen) atoms. The molecule has 0 aliphatic heterocycles. The van der Waals surface area contributed by atoms with Crippen molar-refractivity contribution in [1.82, 2.24) is 10.2 Å². The van der Waals surface area contributed by atoms with E-state index in [1.807, 2.05) is 58.2 Å². The van der Waals surface area contributed by atoms with Crippen LogP contribution in [0.25, 0.3) is 0 Å². The molecular weight excluding hydrogens is 571 g/mol. The predicted molar refractivity (Wildman–Crippen MR) is 169 cm³/mol. The van der Waals surface area contributed by atoms with Gasteiger partial charge in [-0.3, -0.25) is 13.9 Å². The van der Waals surface area contributed by atoms with Crippen LogP contribution in [0.2, 0.25) is 0 Å². The Morgan fingerprint density at radius 3 is 2.17 bits per heavy atom. The first-order valence-corrected chi connectivity index (χ1v) is 16.7. The summed E-state index contributed by atoms with van der Waals surface area (Å²) in [7, 11) is -4.15. The Kier molecular flexibility index (Phi) is 11.9. The van der Waals surface area contributed by atoms with Crippen LogP contribution in [-0.4, -0.2) is 57.1 Å². The second-order valence-electron chi connectivity index (χ2n) is 10.4. The average molecular weight is 612 g/mol. The van der Waals surface area contributed by atoms with Crippen molar-refractivity contribution >= 4 is 39.3 Å². The number of carbonyl (C=O) groups is 2. The number of nitrogens with zero attached hydrogens (tertiary/aromatic N) is 2. The molecule has 3 aromatic rings. The molecule has 1 atom stereocenters. The molecule has 3 aromatic carbocycles. The number of nitrogens with one attached hydrogen (secondary N) is 1. The maximum Gasteiger partial charge on any atom is 0.264 e. The highest BCUT2D eigenvalue weighted by atomic mass is 32.2. The molecule has 0 unspecified atom stereocenters. The fourth-order valence-electron chi connectivity index (χ4n) is 4.29. The molecule has 0 bridgehead atoms. The molecule has 0 heterocycles. The minimum absolute atomic E-state index is 0.0650. The third kappa shape index (κ3) is 8.51. The summed E-state index contributed by atoms with van der Waals surface area (Å²) in [6, 6.07) is 20.0. The van der Waals surface area contributed by atoms with E-state index in [1.54, 1.807) is 55.5 Å². The van der Waals surface area contributed by atoms with Crippen LogP contribution in [0.15, 0.2) is 82.6 Å². The van der Waals surface area contributed by atoms with Gasteiger partial charge in [0, 0.05) is 18.0 Å². The van der Waals surface area contributed by atoms with Crippen molar-refractivity contribution in [3.8, 4) is 5.75 Å². The lowest BCUT2D eigenvalue weighted by atomic mass is 10.1. The van der Waals surface area contributed by atoms with Crippen molar-refractivity contribution < 1.29 is 22.7 Å². The maximum absolute atomic E-state index is 14.1. The minimum atomic E-state index is -4.15. The first kappa shape index (κ1) is 33.0. The Morgan fingerprint density at radius 1 is 0.952 bits per heavy atom. The summed E-state index contributed by atoms with van der Waals surface area (Å²) in [6.07, 6.45) is 1.91. The standard InChI is InChI=1S/C32H41N3O5S2/c1-7-40-28-14-12-27(13-15-28)35(42(38,39)30-18-16-29(41-6)17-19-30)22-31(36)34(21-26-11-9-8-10-24(26)4)25(5)32(37)33-20-23(2)3/h8-19,23,25H,7,20-22H2,1-6H3,(H,33,37)/t25-/m0/s1. The molecular formula is C32H41N3O5S2. The summed E-state index contributed by atoms with van der Waals surface area (Å²) >= 11 is 1.51. The highest BCUT2D eigenvalue weighted by Crippen LogP contribution is 2.28. The third-order valence-corrected chi connectivity index (χ3v) is 9.35. The number of benzene rings is 3. The first-order valence-electron chi connectivity index (χ1n) is 14.0. The number of hydrogen-bond donors (Lipinski definition) is 1. The number of rotatable bonds is 14. The van der Waals surface area contributed by atoms with Crippen molar-refractivity contribution in [3.05, 3.63) is 83.9 Å². The Labute approximate surface area is 254 Å². The van der Waals surface area contributed by atoms with Crippen LogP contribution in [0.3, 0.4) is 0 Å². The number of ether oxygens (including phenoxy) is 1. The van der Waals surface area contributed by atoms with Gasteiger partial charge in [0.25, 0.3) is 10.0 Å². The largest absolute Gasteiger partial charge is 0.494 e. The predicted octanol–water partition coefficient (Wildman–Crippen LogP) is 5.50. The van der Waals surface area contributed by atoms with E-state index < -0.39 is 28.5 Å². The van der Waals surface area contributed by atoms with E-state index in [4.69, 9.17) is 4.74 Å². The number of sulfonamides is 1. The van der Waals surface area contributed by atoms with Gasteiger partial charge in [-0.15, -0.1) is 11.8 Å². The van der Waals surface area contributed by atoms with Crippen LogP contribution in [0, 0.1) is 12.8 Å². The maximum atomic E-state index is 14.1. The number of hydrogen-bond acceptors (Lipinski definition) is 6. The van der Waals surface area contributed by atoms with Crippen molar-refractivity contribution in [2.24, 2.45) is 5.92 Å². The molecule has 0 spiro atoms. The molecule has 0 saturated heterocycles. The van der Waals surface area contributed by atoms with Crippen LogP contribution in [0.1, 0.15) is 38.8 Å². The zero-order chi connectivity index (χ0) is 30.9. The van der Waals surface area contributed by atoms with Crippen molar-refractivity contribution in [3.63, 3.8) is 0 Å². The summed E-state index contributed by atoms with van der Waals surface area (Å²) in [5, 5.41) is 2.91. The van der Waals surface area contributed by atoms with E-state index in [9.17, 15) is 18.0 Å². The van der Waals surface area contributed by atoms with Crippen molar-refractivity contribution in [1.29, 1.82) is 0 Å². The Balaban J connectivity index is 2.03. The normalized spacial score (nSPS) is 12.1. The van der Waals surface area contributed by atoms with Gasteiger partial charge in [0.15, 0.2) is 0 Å².